The Morgan fingerprint density at radius 3 is 2.60 bits per heavy atom. The smallest absolute Gasteiger partial charge is 0.228 e. The van der Waals surface area contributed by atoms with Crippen molar-refractivity contribution in [2.24, 2.45) is 4.99 Å². The van der Waals surface area contributed by atoms with Crippen LogP contribution in [0.15, 0.2) is 39.8 Å². The van der Waals surface area contributed by atoms with Crippen LogP contribution in [0.25, 0.3) is 0 Å². The molecule has 0 spiro atoms. The van der Waals surface area contributed by atoms with Crippen molar-refractivity contribution in [2.45, 2.75) is 44.4 Å². The molecule has 0 radical (unpaired) electrons. The summed E-state index contributed by atoms with van der Waals surface area (Å²) >= 11 is 0. The Hall–Kier alpha value is -2.37. The van der Waals surface area contributed by atoms with E-state index in [1.54, 1.807) is 7.05 Å². The van der Waals surface area contributed by atoms with E-state index < -0.39 is 0 Å². The molecule has 25 heavy (non-hydrogen) atoms. The molecule has 1 fully saturated rings. The third kappa shape index (κ3) is 4.38. The van der Waals surface area contributed by atoms with E-state index in [4.69, 9.17) is 4.52 Å². The molecule has 6 nitrogen and oxygen atoms in total. The summed E-state index contributed by atoms with van der Waals surface area (Å²) in [6.45, 7) is 5.71. The zero-order valence-electron chi connectivity index (χ0n) is 15.2. The van der Waals surface area contributed by atoms with E-state index in [0.29, 0.717) is 18.9 Å². The highest BCUT2D eigenvalue weighted by Crippen LogP contribution is 2.47. The summed E-state index contributed by atoms with van der Waals surface area (Å²) in [5.74, 6) is 2.52. The topological polar surface area (TPSA) is 75.3 Å². The van der Waals surface area contributed by atoms with Gasteiger partial charge in [-0.15, -0.1) is 0 Å². The van der Waals surface area contributed by atoms with E-state index in [1.807, 2.05) is 0 Å². The lowest BCUT2D eigenvalue weighted by atomic mass is 9.96. The monoisotopic (exact) mass is 341 g/mol. The minimum Gasteiger partial charge on any atom is -0.356 e. The van der Waals surface area contributed by atoms with Gasteiger partial charge in [-0.1, -0.05) is 49.3 Å². The molecule has 0 saturated heterocycles. The van der Waals surface area contributed by atoms with Gasteiger partial charge < -0.3 is 15.2 Å². The molecule has 0 aliphatic heterocycles. The molecule has 1 aromatic carbocycles. The van der Waals surface area contributed by atoms with E-state index in [-0.39, 0.29) is 11.3 Å². The maximum Gasteiger partial charge on any atom is 0.228 e. The first-order chi connectivity index (χ1) is 12.1. The minimum absolute atomic E-state index is 0.261. The van der Waals surface area contributed by atoms with Crippen molar-refractivity contribution in [1.29, 1.82) is 0 Å². The van der Waals surface area contributed by atoms with Gasteiger partial charge in [0.05, 0.1) is 0 Å². The molecule has 2 aromatic rings. The number of aromatic nitrogens is 2. The molecule has 0 atom stereocenters. The quantitative estimate of drug-likeness (QED) is 0.598. The van der Waals surface area contributed by atoms with Gasteiger partial charge >= 0.3 is 0 Å². The fourth-order valence-corrected chi connectivity index (χ4v) is 2.88. The summed E-state index contributed by atoms with van der Waals surface area (Å²) in [7, 11) is 1.79. The van der Waals surface area contributed by atoms with Crippen molar-refractivity contribution in [1.82, 2.24) is 20.8 Å². The SMILES string of the molecule is CN=C(NCCc1nc(C(C)C)no1)NCC1(c2ccccc2)CC1. The largest absolute Gasteiger partial charge is 0.356 e. The average Bonchev–Trinajstić information content (AvgIpc) is 3.28. The molecule has 1 aromatic heterocycles. The predicted octanol–water partition coefficient (Wildman–Crippen LogP) is 2.63. The van der Waals surface area contributed by atoms with Gasteiger partial charge in [0, 0.05) is 37.9 Å². The van der Waals surface area contributed by atoms with Crippen molar-refractivity contribution in [3.05, 3.63) is 47.6 Å². The molecule has 134 valence electrons. The first-order valence-corrected chi connectivity index (χ1v) is 8.95. The van der Waals surface area contributed by atoms with Crippen molar-refractivity contribution in [3.63, 3.8) is 0 Å². The van der Waals surface area contributed by atoms with Crippen LogP contribution in [0.1, 0.15) is 49.9 Å². The van der Waals surface area contributed by atoms with Crippen LogP contribution < -0.4 is 10.6 Å². The van der Waals surface area contributed by atoms with Gasteiger partial charge in [-0.2, -0.15) is 4.98 Å². The molecule has 1 aliphatic rings. The highest BCUT2D eigenvalue weighted by molar-refractivity contribution is 5.79. The van der Waals surface area contributed by atoms with Crippen LogP contribution in [0.3, 0.4) is 0 Å². The molecule has 0 amide bonds. The van der Waals surface area contributed by atoms with Gasteiger partial charge in [-0.05, 0) is 18.4 Å². The van der Waals surface area contributed by atoms with Crippen LogP contribution in [0.4, 0.5) is 0 Å². The molecule has 6 heteroatoms. The molecule has 0 bridgehead atoms. The summed E-state index contributed by atoms with van der Waals surface area (Å²) in [6, 6.07) is 10.7. The molecule has 1 aliphatic carbocycles. The summed E-state index contributed by atoms with van der Waals surface area (Å²) < 4.78 is 5.26. The van der Waals surface area contributed by atoms with E-state index in [2.05, 4.69) is 69.9 Å². The van der Waals surface area contributed by atoms with Crippen molar-refractivity contribution in [3.8, 4) is 0 Å². The number of aliphatic imine (C=N–C) groups is 1. The molecular formula is C19H27N5O. The van der Waals surface area contributed by atoms with Crippen molar-refractivity contribution in [2.75, 3.05) is 20.1 Å². The highest BCUT2D eigenvalue weighted by Gasteiger charge is 2.43. The lowest BCUT2D eigenvalue weighted by Gasteiger charge is -2.18. The van der Waals surface area contributed by atoms with Crippen LogP contribution in [-0.4, -0.2) is 36.2 Å². The minimum atomic E-state index is 0.261. The summed E-state index contributed by atoms with van der Waals surface area (Å²) in [6.07, 6.45) is 3.13. The van der Waals surface area contributed by atoms with E-state index >= 15 is 0 Å². The predicted molar refractivity (Wildman–Crippen MR) is 98.8 cm³/mol. The summed E-state index contributed by atoms with van der Waals surface area (Å²) in [5, 5.41) is 10.8. The Morgan fingerprint density at radius 2 is 2.00 bits per heavy atom. The van der Waals surface area contributed by atoms with E-state index in [1.165, 1.54) is 18.4 Å². The Bertz CT molecular complexity index is 704. The van der Waals surface area contributed by atoms with Crippen molar-refractivity contribution < 1.29 is 4.52 Å². The van der Waals surface area contributed by atoms with Crippen molar-refractivity contribution >= 4 is 5.96 Å². The Morgan fingerprint density at radius 1 is 1.24 bits per heavy atom. The average molecular weight is 341 g/mol. The third-order valence-corrected chi connectivity index (χ3v) is 4.69. The summed E-state index contributed by atoms with van der Waals surface area (Å²) in [4.78, 5) is 8.69. The van der Waals surface area contributed by atoms with E-state index in [9.17, 15) is 0 Å². The third-order valence-electron chi connectivity index (χ3n) is 4.69. The molecule has 0 unspecified atom stereocenters. The lowest BCUT2D eigenvalue weighted by molar-refractivity contribution is 0.371. The Labute approximate surface area is 149 Å². The van der Waals surface area contributed by atoms with Gasteiger partial charge in [-0.25, -0.2) is 0 Å². The van der Waals surface area contributed by atoms with Crippen LogP contribution >= 0.6 is 0 Å². The van der Waals surface area contributed by atoms with Crippen LogP contribution in [0, 0.1) is 0 Å². The highest BCUT2D eigenvalue weighted by atomic mass is 16.5. The standard InChI is InChI=1S/C19H27N5O/c1-14(2)17-23-16(25-24-17)9-12-21-18(20-3)22-13-19(10-11-19)15-7-5-4-6-8-15/h4-8,14H,9-13H2,1-3H3,(H2,20,21,22). The van der Waals surface area contributed by atoms with Gasteiger partial charge in [0.15, 0.2) is 11.8 Å². The Kier molecular flexibility index (Phi) is 5.36. The molecular weight excluding hydrogens is 314 g/mol. The van der Waals surface area contributed by atoms with E-state index in [0.717, 1.165) is 18.3 Å². The molecule has 1 saturated carbocycles. The van der Waals surface area contributed by atoms with Crippen LogP contribution in [-0.2, 0) is 11.8 Å². The van der Waals surface area contributed by atoms with Gasteiger partial charge in [0.2, 0.25) is 5.89 Å². The first kappa shape index (κ1) is 17.5. The number of nitrogens with zero attached hydrogens (tertiary/aromatic N) is 3. The maximum absolute atomic E-state index is 5.26. The molecule has 3 rings (SSSR count). The number of hydrogen-bond donors (Lipinski definition) is 2. The second-order valence-electron chi connectivity index (χ2n) is 6.95. The lowest BCUT2D eigenvalue weighted by Crippen LogP contribution is -2.42. The number of guanidine groups is 1. The number of benzene rings is 1. The maximum atomic E-state index is 5.26. The zero-order chi connectivity index (χ0) is 17.7. The normalized spacial score (nSPS) is 16.1. The molecule has 1 heterocycles. The van der Waals surface area contributed by atoms with Crippen LogP contribution in [0.2, 0.25) is 0 Å². The van der Waals surface area contributed by atoms with Gasteiger partial charge in [0.25, 0.3) is 0 Å². The molecule has 2 N–H and O–H groups in total. The first-order valence-electron chi connectivity index (χ1n) is 8.95. The number of nitrogens with one attached hydrogen (secondary N) is 2. The second-order valence-corrected chi connectivity index (χ2v) is 6.95. The Balaban J connectivity index is 1.45. The van der Waals surface area contributed by atoms with Crippen LogP contribution in [0.5, 0.6) is 0 Å². The summed E-state index contributed by atoms with van der Waals surface area (Å²) in [5.41, 5.74) is 1.67. The fraction of sp³-hybridized carbons (Fsp3) is 0.526. The van der Waals surface area contributed by atoms with Gasteiger partial charge in [0.1, 0.15) is 0 Å². The van der Waals surface area contributed by atoms with Gasteiger partial charge in [-0.3, -0.25) is 4.99 Å². The second kappa shape index (κ2) is 7.68. The number of rotatable bonds is 7. The number of hydrogen-bond acceptors (Lipinski definition) is 4. The fourth-order valence-electron chi connectivity index (χ4n) is 2.88. The zero-order valence-corrected chi connectivity index (χ0v) is 15.2.